The molecule has 0 spiro atoms. The van der Waals surface area contributed by atoms with E-state index in [1.165, 1.54) is 29.2 Å². The maximum absolute atomic E-state index is 13.2. The van der Waals surface area contributed by atoms with Gasteiger partial charge in [-0.2, -0.15) is 0 Å². The van der Waals surface area contributed by atoms with Crippen LogP contribution in [0.2, 0.25) is 0 Å². The number of thiophene rings is 1. The Labute approximate surface area is 82.6 Å². The van der Waals surface area contributed by atoms with Crippen LogP contribution in [-0.4, -0.2) is 6.26 Å². The number of halogens is 2. The molecule has 0 N–H and O–H groups in total. The van der Waals surface area contributed by atoms with E-state index >= 15 is 0 Å². The largest absolute Gasteiger partial charge is 0.207 e. The van der Waals surface area contributed by atoms with Crippen LogP contribution in [0.25, 0.3) is 10.1 Å². The van der Waals surface area contributed by atoms with Gasteiger partial charge in [-0.25, -0.2) is 8.78 Å². The third-order valence-electron chi connectivity index (χ3n) is 1.73. The van der Waals surface area contributed by atoms with Crippen molar-refractivity contribution in [3.63, 3.8) is 0 Å². The zero-order chi connectivity index (χ0) is 9.42. The van der Waals surface area contributed by atoms with Crippen molar-refractivity contribution >= 4 is 33.2 Å². The molecule has 2 aromatic rings. The lowest BCUT2D eigenvalue weighted by Crippen LogP contribution is -1.77. The summed E-state index contributed by atoms with van der Waals surface area (Å²) in [4.78, 5) is 0. The molecule has 0 bridgehead atoms. The van der Waals surface area contributed by atoms with E-state index in [-0.39, 0.29) is 0 Å². The van der Waals surface area contributed by atoms with Crippen molar-refractivity contribution in [1.29, 1.82) is 0 Å². The Morgan fingerprint density at radius 1 is 1.23 bits per heavy atom. The normalized spacial score (nSPS) is 11.0. The number of fused-ring (bicyclic) bond motifs is 1. The minimum absolute atomic E-state index is 0.480. The first-order chi connectivity index (χ1) is 6.20. The second kappa shape index (κ2) is 3.27. The fourth-order valence-corrected chi connectivity index (χ4v) is 2.81. The van der Waals surface area contributed by atoms with Gasteiger partial charge in [-0.3, -0.25) is 0 Å². The molecule has 68 valence electrons. The van der Waals surface area contributed by atoms with Crippen LogP contribution in [-0.2, 0) is 0 Å². The van der Waals surface area contributed by atoms with E-state index in [1.54, 1.807) is 6.07 Å². The number of thioether (sulfide) groups is 1. The fraction of sp³-hybridized carbons (Fsp3) is 0.111. The van der Waals surface area contributed by atoms with E-state index in [4.69, 9.17) is 0 Å². The second-order valence-electron chi connectivity index (χ2n) is 2.57. The van der Waals surface area contributed by atoms with Crippen molar-refractivity contribution in [1.82, 2.24) is 0 Å². The Morgan fingerprint density at radius 2 is 2.00 bits per heavy atom. The van der Waals surface area contributed by atoms with E-state index in [2.05, 4.69) is 0 Å². The molecular formula is C9H6F2S2. The van der Waals surface area contributed by atoms with Crippen molar-refractivity contribution < 1.29 is 8.78 Å². The van der Waals surface area contributed by atoms with Gasteiger partial charge in [0, 0.05) is 16.2 Å². The molecule has 1 aromatic carbocycles. The number of hydrogen-bond acceptors (Lipinski definition) is 2. The molecule has 0 fully saturated rings. The molecule has 4 heteroatoms. The summed E-state index contributed by atoms with van der Waals surface area (Å²) in [6.45, 7) is 0. The van der Waals surface area contributed by atoms with Crippen molar-refractivity contribution in [3.8, 4) is 0 Å². The first-order valence-electron chi connectivity index (χ1n) is 3.63. The molecule has 0 radical (unpaired) electrons. The second-order valence-corrected chi connectivity index (χ2v) is 4.76. The van der Waals surface area contributed by atoms with Crippen LogP contribution in [0.4, 0.5) is 8.78 Å². The van der Waals surface area contributed by atoms with Crippen LogP contribution in [0.3, 0.4) is 0 Å². The van der Waals surface area contributed by atoms with E-state index in [0.717, 1.165) is 10.3 Å². The van der Waals surface area contributed by atoms with Gasteiger partial charge >= 0.3 is 0 Å². The minimum Gasteiger partial charge on any atom is -0.207 e. The van der Waals surface area contributed by atoms with Gasteiger partial charge in [0.15, 0.2) is 0 Å². The average molecular weight is 216 g/mol. The Hall–Kier alpha value is -0.610. The van der Waals surface area contributed by atoms with Gasteiger partial charge in [0.05, 0.1) is 4.21 Å². The van der Waals surface area contributed by atoms with Gasteiger partial charge in [-0.1, -0.05) is 0 Å². The highest BCUT2D eigenvalue weighted by molar-refractivity contribution is 8.00. The van der Waals surface area contributed by atoms with Gasteiger partial charge in [-0.05, 0) is 18.4 Å². The molecule has 13 heavy (non-hydrogen) atoms. The van der Waals surface area contributed by atoms with Crippen molar-refractivity contribution in [2.24, 2.45) is 0 Å². The highest BCUT2D eigenvalue weighted by Gasteiger charge is 2.07. The molecule has 1 aromatic heterocycles. The smallest absolute Gasteiger partial charge is 0.134 e. The predicted octanol–water partition coefficient (Wildman–Crippen LogP) is 3.90. The summed E-state index contributed by atoms with van der Waals surface area (Å²) in [5, 5.41) is 0.510. The van der Waals surface area contributed by atoms with Crippen molar-refractivity contribution in [2.75, 3.05) is 6.26 Å². The zero-order valence-electron chi connectivity index (χ0n) is 6.80. The minimum atomic E-state index is -0.514. The van der Waals surface area contributed by atoms with Gasteiger partial charge in [0.25, 0.3) is 0 Å². The predicted molar refractivity (Wildman–Crippen MR) is 53.5 cm³/mol. The van der Waals surface area contributed by atoms with E-state index in [9.17, 15) is 8.78 Å². The molecule has 0 saturated carbocycles. The van der Waals surface area contributed by atoms with Crippen LogP contribution in [0, 0.1) is 11.6 Å². The average Bonchev–Trinajstić information content (AvgIpc) is 2.47. The molecule has 1 heterocycles. The number of rotatable bonds is 1. The summed E-state index contributed by atoms with van der Waals surface area (Å²) in [5.74, 6) is -0.994. The van der Waals surface area contributed by atoms with Crippen LogP contribution >= 0.6 is 23.1 Å². The van der Waals surface area contributed by atoms with Gasteiger partial charge in [-0.15, -0.1) is 23.1 Å². The first kappa shape index (κ1) is 8.97. The number of benzene rings is 1. The maximum Gasteiger partial charge on any atom is 0.134 e. The van der Waals surface area contributed by atoms with E-state index < -0.39 is 11.6 Å². The lowest BCUT2D eigenvalue weighted by atomic mass is 10.2. The lowest BCUT2D eigenvalue weighted by Gasteiger charge is -1.91. The third kappa shape index (κ3) is 1.56. The SMILES string of the molecule is CSc1cc2c(F)cc(F)cc2s1. The third-order valence-corrected chi connectivity index (χ3v) is 3.88. The standard InChI is InChI=1S/C9H6F2S2/c1-12-9-4-6-7(11)2-5(10)3-8(6)13-9/h2-4H,1H3. The van der Waals surface area contributed by atoms with E-state index in [1.807, 2.05) is 6.26 Å². The lowest BCUT2D eigenvalue weighted by molar-refractivity contribution is 0.592. The molecule has 0 amide bonds. The topological polar surface area (TPSA) is 0 Å². The van der Waals surface area contributed by atoms with Gasteiger partial charge in [0.2, 0.25) is 0 Å². The van der Waals surface area contributed by atoms with Crippen LogP contribution in [0.5, 0.6) is 0 Å². The highest BCUT2D eigenvalue weighted by atomic mass is 32.2. The Bertz CT molecular complexity index is 448. The summed E-state index contributed by atoms with van der Waals surface area (Å²) in [5.41, 5.74) is 0. The quantitative estimate of drug-likeness (QED) is 0.651. The monoisotopic (exact) mass is 216 g/mol. The van der Waals surface area contributed by atoms with Crippen LogP contribution in [0.15, 0.2) is 22.4 Å². The zero-order valence-corrected chi connectivity index (χ0v) is 8.44. The van der Waals surface area contributed by atoms with Crippen molar-refractivity contribution in [3.05, 3.63) is 29.8 Å². The Kier molecular flexibility index (Phi) is 2.26. The number of hydrogen-bond donors (Lipinski definition) is 0. The summed E-state index contributed by atoms with van der Waals surface area (Å²) >= 11 is 2.95. The fourth-order valence-electron chi connectivity index (χ4n) is 1.14. The summed E-state index contributed by atoms with van der Waals surface area (Å²) < 4.78 is 27.6. The molecule has 0 atom stereocenters. The Balaban J connectivity index is 2.75. The molecule has 0 aliphatic heterocycles. The van der Waals surface area contributed by atoms with Crippen molar-refractivity contribution in [2.45, 2.75) is 4.21 Å². The summed E-state index contributed by atoms with van der Waals surface area (Å²) in [7, 11) is 0. The summed E-state index contributed by atoms with van der Waals surface area (Å²) in [6.07, 6.45) is 1.92. The Morgan fingerprint density at radius 3 is 2.69 bits per heavy atom. The van der Waals surface area contributed by atoms with Gasteiger partial charge in [0.1, 0.15) is 11.6 Å². The molecular weight excluding hydrogens is 210 g/mol. The van der Waals surface area contributed by atoms with Crippen LogP contribution < -0.4 is 0 Å². The summed E-state index contributed by atoms with van der Waals surface area (Å²) in [6, 6.07) is 4.03. The molecule has 0 aliphatic carbocycles. The first-order valence-corrected chi connectivity index (χ1v) is 5.67. The van der Waals surface area contributed by atoms with Crippen LogP contribution in [0.1, 0.15) is 0 Å². The highest BCUT2D eigenvalue weighted by Crippen LogP contribution is 2.33. The molecule has 2 rings (SSSR count). The molecule has 0 nitrogen and oxygen atoms in total. The molecule has 0 saturated heterocycles. The molecule has 0 aliphatic rings. The maximum atomic E-state index is 13.2. The van der Waals surface area contributed by atoms with Gasteiger partial charge < -0.3 is 0 Å². The van der Waals surface area contributed by atoms with E-state index in [0.29, 0.717) is 10.1 Å². The molecule has 0 unspecified atom stereocenters.